The van der Waals surface area contributed by atoms with E-state index in [4.69, 9.17) is 14.7 Å². The summed E-state index contributed by atoms with van der Waals surface area (Å²) in [5, 5.41) is 11.6. The summed E-state index contributed by atoms with van der Waals surface area (Å²) in [6.07, 6.45) is 3.82. The van der Waals surface area contributed by atoms with Crippen molar-refractivity contribution in [1.82, 2.24) is 0 Å². The molecule has 21 heavy (non-hydrogen) atoms. The van der Waals surface area contributed by atoms with Crippen LogP contribution in [0, 0.1) is 11.3 Å². The van der Waals surface area contributed by atoms with Crippen molar-refractivity contribution in [3.05, 3.63) is 29.8 Å². The third kappa shape index (κ3) is 5.54. The molecule has 1 saturated heterocycles. The molecule has 1 atom stereocenters. The van der Waals surface area contributed by atoms with Crippen molar-refractivity contribution in [2.24, 2.45) is 0 Å². The average Bonchev–Trinajstić information content (AvgIpc) is 2.53. The number of nitrogens with zero attached hydrogens (tertiary/aromatic N) is 1. The van der Waals surface area contributed by atoms with Gasteiger partial charge >= 0.3 is 0 Å². The van der Waals surface area contributed by atoms with Gasteiger partial charge in [-0.1, -0.05) is 6.07 Å². The summed E-state index contributed by atoms with van der Waals surface area (Å²) in [4.78, 5) is 11.8. The van der Waals surface area contributed by atoms with Crippen LogP contribution in [0.25, 0.3) is 0 Å². The zero-order valence-electron chi connectivity index (χ0n) is 12.0. The van der Waals surface area contributed by atoms with E-state index in [0.717, 1.165) is 19.4 Å². The molecule has 0 bridgehead atoms. The number of nitrogens with one attached hydrogen (secondary N) is 1. The van der Waals surface area contributed by atoms with Crippen molar-refractivity contribution in [3.8, 4) is 6.07 Å². The maximum Gasteiger partial charge on any atom is 0.226 e. The molecule has 0 spiro atoms. The predicted octanol–water partition coefficient (Wildman–Crippen LogP) is 2.47. The maximum absolute atomic E-state index is 11.8. The lowest BCUT2D eigenvalue weighted by Crippen LogP contribution is -2.25. The number of amides is 1. The summed E-state index contributed by atoms with van der Waals surface area (Å²) >= 11 is 0. The van der Waals surface area contributed by atoms with Crippen LogP contribution in [0.15, 0.2) is 24.3 Å². The Bertz CT molecular complexity index is 504. The number of anilines is 1. The molecule has 1 N–H and O–H groups in total. The highest BCUT2D eigenvalue weighted by Gasteiger charge is 2.13. The van der Waals surface area contributed by atoms with Crippen molar-refractivity contribution in [3.63, 3.8) is 0 Å². The summed E-state index contributed by atoms with van der Waals surface area (Å²) < 4.78 is 11.0. The smallest absolute Gasteiger partial charge is 0.226 e. The minimum Gasteiger partial charge on any atom is -0.378 e. The monoisotopic (exact) mass is 288 g/mol. The van der Waals surface area contributed by atoms with Gasteiger partial charge in [0.1, 0.15) is 0 Å². The van der Waals surface area contributed by atoms with Crippen molar-refractivity contribution in [1.29, 1.82) is 5.26 Å². The van der Waals surface area contributed by atoms with E-state index in [1.165, 1.54) is 6.42 Å². The molecule has 0 aromatic heterocycles. The van der Waals surface area contributed by atoms with Gasteiger partial charge in [0.15, 0.2) is 0 Å². The fourth-order valence-corrected chi connectivity index (χ4v) is 2.21. The van der Waals surface area contributed by atoms with Crippen LogP contribution in [0.3, 0.4) is 0 Å². The Morgan fingerprint density at radius 2 is 2.38 bits per heavy atom. The van der Waals surface area contributed by atoms with Gasteiger partial charge in [0.2, 0.25) is 5.91 Å². The summed E-state index contributed by atoms with van der Waals surface area (Å²) in [6.45, 7) is 1.74. The highest BCUT2D eigenvalue weighted by atomic mass is 16.5. The zero-order chi connectivity index (χ0) is 14.9. The molecule has 112 valence electrons. The largest absolute Gasteiger partial charge is 0.378 e. The second kappa shape index (κ2) is 8.40. The van der Waals surface area contributed by atoms with Crippen LogP contribution in [0.2, 0.25) is 0 Å². The maximum atomic E-state index is 11.8. The molecule has 2 rings (SSSR count). The molecule has 1 fully saturated rings. The third-order valence-electron chi connectivity index (χ3n) is 3.33. The molecular formula is C16H20N2O3. The molecule has 1 aliphatic heterocycles. The van der Waals surface area contributed by atoms with Gasteiger partial charge in [0, 0.05) is 12.3 Å². The van der Waals surface area contributed by atoms with Crippen molar-refractivity contribution in [2.45, 2.75) is 31.8 Å². The van der Waals surface area contributed by atoms with E-state index in [1.54, 1.807) is 24.3 Å². The van der Waals surface area contributed by atoms with Gasteiger partial charge in [-0.25, -0.2) is 0 Å². The first-order valence-electron chi connectivity index (χ1n) is 7.27. The predicted molar refractivity (Wildman–Crippen MR) is 78.8 cm³/mol. The van der Waals surface area contributed by atoms with E-state index >= 15 is 0 Å². The highest BCUT2D eigenvalue weighted by molar-refractivity contribution is 5.90. The van der Waals surface area contributed by atoms with E-state index in [1.807, 2.05) is 6.07 Å². The number of rotatable bonds is 6. The molecular weight excluding hydrogens is 268 g/mol. The number of ether oxygens (including phenoxy) is 2. The first kappa shape index (κ1) is 15.5. The lowest BCUT2D eigenvalue weighted by Gasteiger charge is -2.22. The van der Waals surface area contributed by atoms with Gasteiger partial charge < -0.3 is 14.8 Å². The minimum absolute atomic E-state index is 0.116. The Morgan fingerprint density at radius 1 is 1.48 bits per heavy atom. The van der Waals surface area contributed by atoms with Crippen LogP contribution in [-0.4, -0.2) is 31.8 Å². The standard InChI is InChI=1S/C16H20N2O3/c17-11-13-4-3-5-14(10-13)18-16(19)7-9-20-12-15-6-1-2-8-21-15/h3-5,10,15H,1-2,6-9,12H2,(H,18,19). The topological polar surface area (TPSA) is 71.4 Å². The van der Waals surface area contributed by atoms with Gasteiger partial charge in [-0.05, 0) is 37.5 Å². The summed E-state index contributed by atoms with van der Waals surface area (Å²) in [6, 6.07) is 8.88. The average molecular weight is 288 g/mol. The number of nitriles is 1. The van der Waals surface area contributed by atoms with E-state index in [9.17, 15) is 4.79 Å². The first-order valence-corrected chi connectivity index (χ1v) is 7.27. The SMILES string of the molecule is N#Cc1cccc(NC(=O)CCOCC2CCCCO2)c1. The fourth-order valence-electron chi connectivity index (χ4n) is 2.21. The van der Waals surface area contributed by atoms with Gasteiger partial charge in [-0.3, -0.25) is 4.79 Å². The Balaban J connectivity index is 1.64. The molecule has 5 nitrogen and oxygen atoms in total. The van der Waals surface area contributed by atoms with Gasteiger partial charge in [-0.2, -0.15) is 5.26 Å². The Morgan fingerprint density at radius 3 is 3.14 bits per heavy atom. The van der Waals surface area contributed by atoms with Crippen LogP contribution < -0.4 is 5.32 Å². The van der Waals surface area contributed by atoms with Crippen molar-refractivity contribution < 1.29 is 14.3 Å². The number of carbonyl (C=O) groups excluding carboxylic acids is 1. The molecule has 0 saturated carbocycles. The van der Waals surface area contributed by atoms with Crippen molar-refractivity contribution >= 4 is 11.6 Å². The van der Waals surface area contributed by atoms with Crippen LogP contribution in [0.5, 0.6) is 0 Å². The van der Waals surface area contributed by atoms with E-state index in [0.29, 0.717) is 30.9 Å². The van der Waals surface area contributed by atoms with Crippen LogP contribution in [0.1, 0.15) is 31.2 Å². The summed E-state index contributed by atoms with van der Waals surface area (Å²) in [7, 11) is 0. The number of hydrogen-bond donors (Lipinski definition) is 1. The van der Waals surface area contributed by atoms with Gasteiger partial charge in [0.05, 0.1) is 37.4 Å². The molecule has 1 unspecified atom stereocenters. The second-order valence-electron chi connectivity index (χ2n) is 5.05. The first-order chi connectivity index (χ1) is 10.3. The summed E-state index contributed by atoms with van der Waals surface area (Å²) in [5.74, 6) is -0.116. The molecule has 1 amide bonds. The zero-order valence-corrected chi connectivity index (χ0v) is 12.0. The van der Waals surface area contributed by atoms with Gasteiger partial charge in [-0.15, -0.1) is 0 Å². The van der Waals surface area contributed by atoms with Crippen LogP contribution in [-0.2, 0) is 14.3 Å². The summed E-state index contributed by atoms with van der Waals surface area (Å²) in [5.41, 5.74) is 1.16. The number of hydrogen-bond acceptors (Lipinski definition) is 4. The number of carbonyl (C=O) groups is 1. The lowest BCUT2D eigenvalue weighted by molar-refractivity contribution is -0.117. The molecule has 5 heteroatoms. The van der Waals surface area contributed by atoms with Crippen molar-refractivity contribution in [2.75, 3.05) is 25.1 Å². The number of benzene rings is 1. The normalized spacial score (nSPS) is 18.0. The Hall–Kier alpha value is -1.90. The molecule has 1 aromatic carbocycles. The van der Waals surface area contributed by atoms with Crippen LogP contribution >= 0.6 is 0 Å². The Kier molecular flexibility index (Phi) is 6.20. The second-order valence-corrected chi connectivity index (χ2v) is 5.05. The quantitative estimate of drug-likeness (QED) is 0.816. The molecule has 1 heterocycles. The molecule has 1 aromatic rings. The van der Waals surface area contributed by atoms with E-state index < -0.39 is 0 Å². The lowest BCUT2D eigenvalue weighted by atomic mass is 10.1. The molecule has 1 aliphatic rings. The van der Waals surface area contributed by atoms with Gasteiger partial charge in [0.25, 0.3) is 0 Å². The Labute approximate surface area is 124 Å². The molecule has 0 radical (unpaired) electrons. The highest BCUT2D eigenvalue weighted by Crippen LogP contribution is 2.13. The minimum atomic E-state index is -0.116. The van der Waals surface area contributed by atoms with E-state index in [2.05, 4.69) is 5.32 Å². The van der Waals surface area contributed by atoms with Crippen LogP contribution in [0.4, 0.5) is 5.69 Å². The van der Waals surface area contributed by atoms with E-state index in [-0.39, 0.29) is 12.0 Å². The third-order valence-corrected chi connectivity index (χ3v) is 3.33. The molecule has 0 aliphatic carbocycles. The fraction of sp³-hybridized carbons (Fsp3) is 0.500.